The van der Waals surface area contributed by atoms with Gasteiger partial charge >= 0.3 is 5.97 Å². The summed E-state index contributed by atoms with van der Waals surface area (Å²) in [6, 6.07) is 23.8. The topological polar surface area (TPSA) is 254 Å². The van der Waals surface area contributed by atoms with Gasteiger partial charge in [-0.25, -0.2) is 4.79 Å². The van der Waals surface area contributed by atoms with Crippen LogP contribution in [0.1, 0.15) is 41.4 Å². The normalized spacial score (nSPS) is 11.6. The van der Waals surface area contributed by atoms with Crippen LogP contribution in [-0.2, 0) is 20.2 Å². The number of aromatic carboxylic acids is 1. The third-order valence-corrected chi connectivity index (χ3v) is 9.71. The number of nitrogens with one attached hydrogen (secondary N) is 3. The second kappa shape index (κ2) is 13.8. The standard InChI is InChI=1S/C36H25N3O12S2/c40-31-9-3-6-28(32(31)36(44)45)35(43)37-23-15-21(33(41)38-29-7-1-4-19-17-24(52(46,47)48)10-12-26(19)29)14-22(16-23)34(42)39-30-8-2-5-20-18-25(53(49,50)51)11-13-27(20)30/h1-18,40H,(H,37,43)(H,38,41)(H,39,42)(H,44,45)(H,46,47,48)(H,49,50,51). The molecule has 0 unspecified atom stereocenters. The van der Waals surface area contributed by atoms with Crippen molar-refractivity contribution in [3.8, 4) is 5.75 Å². The number of amides is 3. The lowest BCUT2D eigenvalue weighted by molar-refractivity contribution is 0.0688. The summed E-state index contributed by atoms with van der Waals surface area (Å²) >= 11 is 0. The number of hydrogen-bond acceptors (Lipinski definition) is 9. The second-order valence-electron chi connectivity index (χ2n) is 11.5. The molecule has 0 fully saturated rings. The fraction of sp³-hybridized carbons (Fsp3) is 0. The van der Waals surface area contributed by atoms with Crippen LogP contribution in [0.4, 0.5) is 17.1 Å². The predicted octanol–water partition coefficient (Wildman–Crippen LogP) is 5.65. The number of benzene rings is 6. The van der Waals surface area contributed by atoms with Crippen molar-refractivity contribution in [2.45, 2.75) is 9.79 Å². The number of carboxylic acid groups (broad SMARTS) is 1. The number of carbonyl (C=O) groups excluding carboxylic acids is 3. The number of hydrogen-bond donors (Lipinski definition) is 7. The van der Waals surface area contributed by atoms with Gasteiger partial charge in [-0.1, -0.05) is 42.5 Å². The average molecular weight is 756 g/mol. The molecule has 0 heterocycles. The molecule has 268 valence electrons. The van der Waals surface area contributed by atoms with E-state index in [2.05, 4.69) is 16.0 Å². The third kappa shape index (κ3) is 7.67. The van der Waals surface area contributed by atoms with E-state index < -0.39 is 60.8 Å². The Morgan fingerprint density at radius 2 is 1.00 bits per heavy atom. The molecule has 0 saturated heterocycles. The molecule has 0 bridgehead atoms. The zero-order chi connectivity index (χ0) is 38.2. The van der Waals surface area contributed by atoms with E-state index in [1.54, 1.807) is 12.1 Å². The smallest absolute Gasteiger partial charge is 0.340 e. The molecule has 0 atom stereocenters. The third-order valence-electron chi connectivity index (χ3n) is 8.01. The maximum absolute atomic E-state index is 13.7. The molecule has 0 radical (unpaired) electrons. The van der Waals surface area contributed by atoms with Crippen LogP contribution in [0.2, 0.25) is 0 Å². The fourth-order valence-corrected chi connectivity index (χ4v) is 6.60. The molecule has 53 heavy (non-hydrogen) atoms. The Morgan fingerprint density at radius 3 is 1.45 bits per heavy atom. The monoisotopic (exact) mass is 755 g/mol. The van der Waals surface area contributed by atoms with Gasteiger partial charge in [0.05, 0.1) is 15.4 Å². The number of phenols is 1. The Labute approximate surface area is 300 Å². The van der Waals surface area contributed by atoms with Crippen molar-refractivity contribution in [3.05, 3.63) is 131 Å². The number of carbonyl (C=O) groups is 4. The molecule has 15 nitrogen and oxygen atoms in total. The van der Waals surface area contributed by atoms with E-state index in [0.717, 1.165) is 24.3 Å². The number of aromatic hydroxyl groups is 1. The molecule has 6 rings (SSSR count). The van der Waals surface area contributed by atoms with Crippen LogP contribution in [0.3, 0.4) is 0 Å². The molecule has 0 aliphatic carbocycles. The van der Waals surface area contributed by atoms with E-state index >= 15 is 0 Å². The van der Waals surface area contributed by atoms with Crippen molar-refractivity contribution < 1.29 is 55.3 Å². The molecule has 6 aromatic carbocycles. The fourth-order valence-electron chi connectivity index (χ4n) is 5.57. The highest BCUT2D eigenvalue weighted by molar-refractivity contribution is 7.86. The van der Waals surface area contributed by atoms with Crippen LogP contribution in [0.15, 0.2) is 119 Å². The van der Waals surface area contributed by atoms with E-state index in [0.29, 0.717) is 21.5 Å². The quantitative estimate of drug-likeness (QED) is 0.0885. The summed E-state index contributed by atoms with van der Waals surface area (Å²) in [4.78, 5) is 51.9. The second-order valence-corrected chi connectivity index (χ2v) is 14.3. The Bertz CT molecular complexity index is 2620. The van der Waals surface area contributed by atoms with E-state index in [-0.39, 0.29) is 38.0 Å². The van der Waals surface area contributed by atoms with Crippen LogP contribution in [0.5, 0.6) is 5.75 Å². The van der Waals surface area contributed by atoms with Gasteiger partial charge in [-0.3, -0.25) is 23.5 Å². The van der Waals surface area contributed by atoms with Crippen molar-refractivity contribution in [2.75, 3.05) is 16.0 Å². The first-order valence-electron chi connectivity index (χ1n) is 15.1. The summed E-state index contributed by atoms with van der Waals surface area (Å²) in [6.07, 6.45) is 0. The zero-order valence-corrected chi connectivity index (χ0v) is 28.4. The molecule has 3 amide bonds. The zero-order valence-electron chi connectivity index (χ0n) is 26.8. The van der Waals surface area contributed by atoms with Gasteiger partial charge in [0.2, 0.25) is 0 Å². The van der Waals surface area contributed by atoms with Crippen molar-refractivity contribution in [1.29, 1.82) is 0 Å². The first kappa shape index (κ1) is 36.1. The van der Waals surface area contributed by atoms with Crippen LogP contribution in [0, 0.1) is 0 Å². The molecule has 17 heteroatoms. The van der Waals surface area contributed by atoms with Gasteiger partial charge in [0.1, 0.15) is 11.3 Å². The number of carboxylic acids is 1. The molecule has 7 N–H and O–H groups in total. The van der Waals surface area contributed by atoms with Gasteiger partial charge in [-0.15, -0.1) is 0 Å². The summed E-state index contributed by atoms with van der Waals surface area (Å²) in [7, 11) is -9.03. The highest BCUT2D eigenvalue weighted by atomic mass is 32.2. The van der Waals surface area contributed by atoms with Gasteiger partial charge < -0.3 is 26.2 Å². The number of anilines is 3. The summed E-state index contributed by atoms with van der Waals surface area (Å²) in [5, 5.41) is 29.1. The minimum Gasteiger partial charge on any atom is -0.507 e. The van der Waals surface area contributed by atoms with Gasteiger partial charge in [0, 0.05) is 39.0 Å². The summed E-state index contributed by atoms with van der Waals surface area (Å²) in [5.74, 6) is -4.81. The molecule has 6 aromatic rings. The van der Waals surface area contributed by atoms with E-state index in [1.165, 1.54) is 72.8 Å². The molecule has 0 spiro atoms. The van der Waals surface area contributed by atoms with Crippen molar-refractivity contribution in [3.63, 3.8) is 0 Å². The summed E-state index contributed by atoms with van der Waals surface area (Å²) < 4.78 is 65.5. The van der Waals surface area contributed by atoms with Gasteiger partial charge in [-0.2, -0.15) is 16.8 Å². The first-order valence-corrected chi connectivity index (χ1v) is 18.0. The van der Waals surface area contributed by atoms with Gasteiger partial charge in [0.25, 0.3) is 38.0 Å². The minimum atomic E-state index is -4.51. The minimum absolute atomic E-state index is 0.126. The van der Waals surface area contributed by atoms with Crippen molar-refractivity contribution in [1.82, 2.24) is 0 Å². The molecule has 0 aromatic heterocycles. The Hall–Kier alpha value is -6.66. The number of fused-ring (bicyclic) bond motifs is 2. The van der Waals surface area contributed by atoms with E-state index in [1.807, 2.05) is 0 Å². The lowest BCUT2D eigenvalue weighted by atomic mass is 10.0. The highest BCUT2D eigenvalue weighted by Gasteiger charge is 2.22. The lowest BCUT2D eigenvalue weighted by Gasteiger charge is -2.14. The SMILES string of the molecule is O=C(Nc1cccc2cc(S(=O)(=O)O)ccc12)c1cc(NC(=O)c2cccc(O)c2C(=O)O)cc(C(=O)Nc2cccc3cc(S(=O)(=O)O)ccc23)c1. The maximum atomic E-state index is 13.7. The summed E-state index contributed by atoms with van der Waals surface area (Å²) in [6.45, 7) is 0. The Balaban J connectivity index is 1.39. The first-order chi connectivity index (χ1) is 25.0. The van der Waals surface area contributed by atoms with E-state index in [4.69, 9.17) is 0 Å². The van der Waals surface area contributed by atoms with Crippen molar-refractivity contribution >= 4 is 82.5 Å². The summed E-state index contributed by atoms with van der Waals surface area (Å²) in [5.41, 5.74) is -1.11. The molecular weight excluding hydrogens is 731 g/mol. The largest absolute Gasteiger partial charge is 0.507 e. The average Bonchev–Trinajstić information content (AvgIpc) is 3.10. The van der Waals surface area contributed by atoms with Crippen LogP contribution < -0.4 is 16.0 Å². The maximum Gasteiger partial charge on any atom is 0.340 e. The van der Waals surface area contributed by atoms with Gasteiger partial charge in [-0.05, 0) is 77.5 Å². The predicted molar refractivity (Wildman–Crippen MR) is 193 cm³/mol. The Kier molecular flexibility index (Phi) is 9.42. The molecule has 0 aliphatic rings. The highest BCUT2D eigenvalue weighted by Crippen LogP contribution is 2.30. The van der Waals surface area contributed by atoms with Crippen LogP contribution in [0.25, 0.3) is 21.5 Å². The van der Waals surface area contributed by atoms with E-state index in [9.17, 15) is 55.3 Å². The number of rotatable bonds is 9. The van der Waals surface area contributed by atoms with Gasteiger partial charge in [0.15, 0.2) is 0 Å². The lowest BCUT2D eigenvalue weighted by Crippen LogP contribution is -2.19. The molecule has 0 aliphatic heterocycles. The van der Waals surface area contributed by atoms with Crippen LogP contribution >= 0.6 is 0 Å². The van der Waals surface area contributed by atoms with Crippen molar-refractivity contribution in [2.24, 2.45) is 0 Å². The van der Waals surface area contributed by atoms with Crippen LogP contribution in [-0.4, -0.2) is 59.8 Å². The molecule has 0 saturated carbocycles. The molecular formula is C36H25N3O12S2. The Morgan fingerprint density at radius 1 is 0.528 bits per heavy atom.